The topological polar surface area (TPSA) is 55.4 Å². The molecule has 0 saturated carbocycles. The van der Waals surface area contributed by atoms with Crippen molar-refractivity contribution in [3.63, 3.8) is 0 Å². The summed E-state index contributed by atoms with van der Waals surface area (Å²) in [6.45, 7) is 31.8. The minimum Gasteiger partial charge on any atom is -0.493 e. The van der Waals surface area contributed by atoms with Gasteiger partial charge in [0.1, 0.15) is 34.5 Å². The van der Waals surface area contributed by atoms with E-state index < -0.39 is 0 Å². The predicted octanol–water partition coefficient (Wildman–Crippen LogP) is 31.0. The second-order valence-corrected chi connectivity index (χ2v) is 34.7. The second kappa shape index (κ2) is 43.3. The summed E-state index contributed by atoms with van der Waals surface area (Å²) in [5, 5.41) is 4.47. The molecule has 0 aliphatic rings. The summed E-state index contributed by atoms with van der Waals surface area (Å²) < 4.78 is 41.4. The Kier molecular flexibility index (Phi) is 34.3. The molecule has 0 fully saturated rings. The predicted molar refractivity (Wildman–Crippen MR) is 450 cm³/mol. The van der Waals surface area contributed by atoms with Gasteiger partial charge in [0, 0.05) is 67.5 Å². The third-order valence-electron chi connectivity index (χ3n) is 20.9. The smallest absolute Gasteiger partial charge is 0.127 e. The molecule has 6 aromatic heterocycles. The molecule has 0 spiro atoms. The van der Waals surface area contributed by atoms with Crippen molar-refractivity contribution in [2.75, 3.05) is 39.6 Å². The van der Waals surface area contributed by atoms with E-state index in [1.165, 1.54) is 175 Å². The van der Waals surface area contributed by atoms with Crippen LogP contribution in [0.1, 0.15) is 237 Å². The van der Waals surface area contributed by atoms with Crippen LogP contribution in [0.25, 0.3) is 82.2 Å². The van der Waals surface area contributed by atoms with Crippen LogP contribution in [0.3, 0.4) is 0 Å². The van der Waals surface area contributed by atoms with Crippen molar-refractivity contribution >= 4 is 68.0 Å². The number of benzene rings is 3. The zero-order valence-corrected chi connectivity index (χ0v) is 69.0. The quantitative estimate of drug-likeness (QED) is 0.0379. The summed E-state index contributed by atoms with van der Waals surface area (Å²) in [6, 6.07) is 41.0. The molecule has 3 aromatic carbocycles. The Labute approximate surface area is 640 Å². The lowest BCUT2D eigenvalue weighted by atomic mass is 10.00. The Balaban J connectivity index is 1.16. The second-order valence-electron chi connectivity index (χ2n) is 28.5. The monoisotopic (exact) mass is 1490 g/mol. The van der Waals surface area contributed by atoms with E-state index >= 15 is 0 Å². The van der Waals surface area contributed by atoms with Crippen molar-refractivity contribution < 1.29 is 28.4 Å². The van der Waals surface area contributed by atoms with Gasteiger partial charge in [-0.15, -0.1) is 68.0 Å². The molecular formula is C90H122O6S6. The fourth-order valence-corrected chi connectivity index (χ4v) is 20.1. The molecule has 9 aromatic rings. The molecule has 6 atom stereocenters. The van der Waals surface area contributed by atoms with Crippen LogP contribution in [0.5, 0.6) is 34.5 Å². The van der Waals surface area contributed by atoms with Gasteiger partial charge < -0.3 is 28.4 Å². The summed E-state index contributed by atoms with van der Waals surface area (Å²) >= 11 is 11.2. The lowest BCUT2D eigenvalue weighted by Gasteiger charge is -2.20. The largest absolute Gasteiger partial charge is 0.493 e. The molecule has 6 nitrogen and oxygen atoms in total. The minimum atomic E-state index is 0.470. The van der Waals surface area contributed by atoms with E-state index in [0.29, 0.717) is 68.5 Å². The number of ether oxygens (including phenoxy) is 6. The normalized spacial score (nSPS) is 13.5. The van der Waals surface area contributed by atoms with E-state index in [0.717, 1.165) is 103 Å². The first-order chi connectivity index (χ1) is 50.0. The Morgan fingerprint density at radius 1 is 0.255 bits per heavy atom. The van der Waals surface area contributed by atoms with Crippen LogP contribution in [-0.2, 0) is 0 Å². The zero-order valence-electron chi connectivity index (χ0n) is 64.1. The maximum Gasteiger partial charge on any atom is 0.127 e. The number of hydrogen-bond acceptors (Lipinski definition) is 12. The van der Waals surface area contributed by atoms with Crippen molar-refractivity contribution in [1.29, 1.82) is 0 Å². The van der Waals surface area contributed by atoms with Gasteiger partial charge in [-0.1, -0.05) is 205 Å². The van der Waals surface area contributed by atoms with E-state index in [-0.39, 0.29) is 0 Å². The molecule has 0 bridgehead atoms. The standard InChI is InChI=1S/C90H122O6S6/c1-13-25-32-63(19-7)57-91-69-39-42-78(94-60-66(22-10)35-28-16-4)73(52-69)72-49-51-98-88(72)84-47-45-81(99-84)87-56-77(75-54-71(93-59-65(21-9)34-27-15-3)41-44-80(75)96-62-68(24-12)37-30-18-6)90(102-87)85-48-46-82(100-85)86-55-76(89(101-86)83-38-31-50-97-83)74-53-70(92-58-64(20-8)33-26-14-2)40-43-79(74)95-61-67(23-11)36-29-17-5/h31,38-56,63-68H,13-30,32-37,57-62H2,1-12H3. The van der Waals surface area contributed by atoms with Gasteiger partial charge in [0.05, 0.1) is 54.3 Å². The lowest BCUT2D eigenvalue weighted by Crippen LogP contribution is -2.12. The van der Waals surface area contributed by atoms with Gasteiger partial charge in [-0.3, -0.25) is 0 Å². The van der Waals surface area contributed by atoms with Gasteiger partial charge in [0.25, 0.3) is 0 Å². The molecule has 0 N–H and O–H groups in total. The van der Waals surface area contributed by atoms with Crippen molar-refractivity contribution in [3.8, 4) is 117 Å². The average molecular weight is 1490 g/mol. The molecule has 0 radical (unpaired) electrons. The highest BCUT2D eigenvalue weighted by Crippen LogP contribution is 2.55. The van der Waals surface area contributed by atoms with Crippen LogP contribution < -0.4 is 28.4 Å². The van der Waals surface area contributed by atoms with E-state index in [1.807, 2.05) is 68.0 Å². The molecule has 9 rings (SSSR count). The van der Waals surface area contributed by atoms with Crippen molar-refractivity contribution in [3.05, 3.63) is 120 Å². The Bertz CT molecular complexity index is 3820. The molecule has 102 heavy (non-hydrogen) atoms. The van der Waals surface area contributed by atoms with E-state index in [9.17, 15) is 0 Å². The lowest BCUT2D eigenvalue weighted by molar-refractivity contribution is 0.228. The summed E-state index contributed by atoms with van der Waals surface area (Å²) in [6.07, 6.45) is 28.1. The van der Waals surface area contributed by atoms with Crippen LogP contribution in [0.15, 0.2) is 120 Å². The molecule has 6 heterocycles. The number of rotatable bonds is 50. The van der Waals surface area contributed by atoms with Crippen LogP contribution in [0, 0.1) is 35.5 Å². The number of hydrogen-bond donors (Lipinski definition) is 0. The minimum absolute atomic E-state index is 0.470. The Morgan fingerprint density at radius 3 is 0.912 bits per heavy atom. The fourth-order valence-electron chi connectivity index (χ4n) is 13.6. The van der Waals surface area contributed by atoms with Gasteiger partial charge in [-0.25, -0.2) is 0 Å². The van der Waals surface area contributed by atoms with Gasteiger partial charge >= 0.3 is 0 Å². The number of unbranched alkanes of at least 4 members (excludes halogenated alkanes) is 6. The Morgan fingerprint density at radius 2 is 0.578 bits per heavy atom. The van der Waals surface area contributed by atoms with Gasteiger partial charge in [0.15, 0.2) is 0 Å². The molecule has 0 aliphatic heterocycles. The van der Waals surface area contributed by atoms with E-state index in [2.05, 4.69) is 203 Å². The number of thiophene rings is 6. The first-order valence-electron chi connectivity index (χ1n) is 39.8. The summed E-state index contributed by atoms with van der Waals surface area (Å²) in [5.74, 6) is 8.49. The first kappa shape index (κ1) is 80.8. The van der Waals surface area contributed by atoms with Crippen molar-refractivity contribution in [1.82, 2.24) is 0 Å². The molecular weight excluding hydrogens is 1370 g/mol. The van der Waals surface area contributed by atoms with Crippen LogP contribution >= 0.6 is 68.0 Å². The summed E-state index contributed by atoms with van der Waals surface area (Å²) in [7, 11) is 0. The molecule has 12 heteroatoms. The third kappa shape index (κ3) is 22.8. The molecule has 554 valence electrons. The third-order valence-corrected chi connectivity index (χ3v) is 28.0. The van der Waals surface area contributed by atoms with E-state index in [4.69, 9.17) is 28.4 Å². The molecule has 0 amide bonds. The van der Waals surface area contributed by atoms with E-state index in [1.54, 1.807) is 0 Å². The van der Waals surface area contributed by atoms with Crippen LogP contribution in [0.2, 0.25) is 0 Å². The van der Waals surface area contributed by atoms with Crippen LogP contribution in [0.4, 0.5) is 0 Å². The molecule has 0 saturated heterocycles. The first-order valence-corrected chi connectivity index (χ1v) is 44.8. The van der Waals surface area contributed by atoms with Gasteiger partial charge in [-0.2, -0.15) is 0 Å². The van der Waals surface area contributed by atoms with Crippen LogP contribution in [-0.4, -0.2) is 39.6 Å². The highest BCUT2D eigenvalue weighted by atomic mass is 32.1. The average Bonchev–Trinajstić information content (AvgIpc) is 1.61. The maximum atomic E-state index is 7.14. The molecule has 0 aliphatic carbocycles. The summed E-state index contributed by atoms with van der Waals surface area (Å²) in [5.41, 5.74) is 6.83. The van der Waals surface area contributed by atoms with Gasteiger partial charge in [0.2, 0.25) is 0 Å². The highest BCUT2D eigenvalue weighted by Gasteiger charge is 2.27. The SMILES string of the molecule is CCCCC(CC)COc1ccc(OCC(CC)CCCC)c(-c2ccsc2-c2ccc(-c3cc(-c4cc(OCC(CC)CCCC)ccc4OCC(CC)CCCC)c(-c4ccc(-c5cc(-c6cc(OCC(CC)CCCC)ccc6OCC(CC)CCCC)c(-c6cccs6)s5)s4)s3)s2)c1. The zero-order chi connectivity index (χ0) is 72.0. The fraction of sp³-hybridized carbons (Fsp3) is 0.533. The van der Waals surface area contributed by atoms with Gasteiger partial charge in [-0.05, 0) is 188 Å². The maximum absolute atomic E-state index is 7.14. The summed E-state index contributed by atoms with van der Waals surface area (Å²) in [4.78, 5) is 12.4. The highest BCUT2D eigenvalue weighted by molar-refractivity contribution is 7.30. The van der Waals surface area contributed by atoms with Crippen molar-refractivity contribution in [2.24, 2.45) is 35.5 Å². The molecule has 6 unspecified atom stereocenters. The van der Waals surface area contributed by atoms with Crippen molar-refractivity contribution in [2.45, 2.75) is 237 Å². The Hall–Kier alpha value is -5.34.